The van der Waals surface area contributed by atoms with Crippen LogP contribution in [0.5, 0.6) is 11.5 Å². The maximum absolute atomic E-state index is 12.2. The van der Waals surface area contributed by atoms with Crippen LogP contribution in [0.4, 0.5) is 5.69 Å². The summed E-state index contributed by atoms with van der Waals surface area (Å²) in [5.74, 6) is 1.16. The smallest absolute Gasteiger partial charge is 0.259 e. The van der Waals surface area contributed by atoms with E-state index in [1.807, 2.05) is 60.7 Å². The molecule has 6 heteroatoms. The van der Waals surface area contributed by atoms with Gasteiger partial charge in [0.05, 0.1) is 32.2 Å². The van der Waals surface area contributed by atoms with Crippen LogP contribution < -0.4 is 20.2 Å². The van der Waals surface area contributed by atoms with Gasteiger partial charge in [0, 0.05) is 5.56 Å². The Kier molecular flexibility index (Phi) is 7.05. The van der Waals surface area contributed by atoms with Gasteiger partial charge < -0.3 is 14.8 Å². The van der Waals surface area contributed by atoms with E-state index < -0.39 is 0 Å². The molecule has 1 amide bonds. The van der Waals surface area contributed by atoms with E-state index in [4.69, 9.17) is 9.47 Å². The molecule has 0 saturated heterocycles. The zero-order valence-corrected chi connectivity index (χ0v) is 16.6. The molecule has 0 aliphatic heterocycles. The molecule has 0 spiro atoms. The molecule has 0 unspecified atom stereocenters. The number of carbonyl (C=O) groups excluding carboxylic acids is 1. The Morgan fingerprint density at radius 1 is 1.03 bits per heavy atom. The summed E-state index contributed by atoms with van der Waals surface area (Å²) in [4.78, 5) is 12.2. The van der Waals surface area contributed by atoms with Crippen molar-refractivity contribution < 1.29 is 14.3 Å². The highest BCUT2D eigenvalue weighted by atomic mass is 16.5. The number of benzene rings is 3. The second kappa shape index (κ2) is 10.1. The Hall–Kier alpha value is -3.54. The van der Waals surface area contributed by atoms with Crippen LogP contribution in [0.3, 0.4) is 0 Å². The number of nitrogens with zero attached hydrogens (tertiary/aromatic N) is 1. The summed E-state index contributed by atoms with van der Waals surface area (Å²) < 4.78 is 11.1. The zero-order chi connectivity index (χ0) is 20.5. The van der Waals surface area contributed by atoms with Gasteiger partial charge >= 0.3 is 0 Å². The highest BCUT2D eigenvalue weighted by Crippen LogP contribution is 2.27. The molecule has 3 aromatic carbocycles. The predicted molar refractivity (Wildman–Crippen MR) is 117 cm³/mol. The van der Waals surface area contributed by atoms with Gasteiger partial charge in [0.1, 0.15) is 11.5 Å². The molecule has 3 aromatic rings. The number of hydrogen-bond donors (Lipinski definition) is 2. The van der Waals surface area contributed by atoms with Crippen LogP contribution >= 0.6 is 0 Å². The van der Waals surface area contributed by atoms with E-state index in [-0.39, 0.29) is 12.5 Å². The van der Waals surface area contributed by atoms with Crippen LogP contribution in [0.2, 0.25) is 0 Å². The molecule has 0 aliphatic rings. The number of carbonyl (C=O) groups is 1. The highest BCUT2D eigenvalue weighted by Gasteiger charge is 2.08. The maximum atomic E-state index is 12.2. The number of amides is 1. The van der Waals surface area contributed by atoms with Crippen LogP contribution in [-0.4, -0.2) is 32.4 Å². The van der Waals surface area contributed by atoms with Gasteiger partial charge in [0.2, 0.25) is 0 Å². The summed E-state index contributed by atoms with van der Waals surface area (Å²) in [5.41, 5.74) is 4.15. The van der Waals surface area contributed by atoms with Crippen molar-refractivity contribution in [2.24, 2.45) is 5.10 Å². The minimum Gasteiger partial charge on any atom is -0.495 e. The fraction of sp³-hybridized carbons (Fsp3) is 0.217. The number of rotatable bonds is 9. The Bertz CT molecular complexity index is 1000. The van der Waals surface area contributed by atoms with Crippen molar-refractivity contribution in [3.05, 3.63) is 66.2 Å². The predicted octanol–water partition coefficient (Wildman–Crippen LogP) is 4.20. The molecule has 0 atom stereocenters. The molecule has 0 bridgehead atoms. The highest BCUT2D eigenvalue weighted by molar-refractivity contribution is 6.02. The Morgan fingerprint density at radius 2 is 1.83 bits per heavy atom. The third-order valence-electron chi connectivity index (χ3n) is 4.32. The van der Waals surface area contributed by atoms with E-state index in [0.717, 1.165) is 34.2 Å². The van der Waals surface area contributed by atoms with Crippen molar-refractivity contribution in [3.63, 3.8) is 0 Å². The second-order valence-electron chi connectivity index (χ2n) is 6.39. The SMILES string of the molecule is CCCOc1ccc2ccccc2c1/C=N\NC(=O)CNc1ccccc1OC. The third kappa shape index (κ3) is 5.25. The van der Waals surface area contributed by atoms with E-state index in [9.17, 15) is 4.79 Å². The van der Waals surface area contributed by atoms with Crippen LogP contribution in [0.25, 0.3) is 10.8 Å². The third-order valence-corrected chi connectivity index (χ3v) is 4.32. The summed E-state index contributed by atoms with van der Waals surface area (Å²) in [6.45, 7) is 2.75. The second-order valence-corrected chi connectivity index (χ2v) is 6.39. The quantitative estimate of drug-likeness (QED) is 0.424. The van der Waals surface area contributed by atoms with E-state index >= 15 is 0 Å². The van der Waals surface area contributed by atoms with Crippen LogP contribution in [0, 0.1) is 0 Å². The molecule has 0 heterocycles. The molecular weight excluding hydrogens is 366 g/mol. The Labute approximate surface area is 170 Å². The van der Waals surface area contributed by atoms with Gasteiger partial charge in [-0.15, -0.1) is 0 Å². The van der Waals surface area contributed by atoms with Crippen molar-refractivity contribution in [1.29, 1.82) is 0 Å². The van der Waals surface area contributed by atoms with Crippen LogP contribution in [-0.2, 0) is 4.79 Å². The van der Waals surface area contributed by atoms with Gasteiger partial charge in [0.15, 0.2) is 0 Å². The Morgan fingerprint density at radius 3 is 2.66 bits per heavy atom. The molecular formula is C23H25N3O3. The van der Waals surface area contributed by atoms with Gasteiger partial charge in [-0.3, -0.25) is 4.79 Å². The largest absolute Gasteiger partial charge is 0.495 e. The monoisotopic (exact) mass is 391 g/mol. The molecule has 6 nitrogen and oxygen atoms in total. The number of nitrogens with one attached hydrogen (secondary N) is 2. The molecule has 150 valence electrons. The minimum absolute atomic E-state index is 0.0758. The topological polar surface area (TPSA) is 72.0 Å². The van der Waals surface area contributed by atoms with E-state index in [1.165, 1.54) is 0 Å². The number of fused-ring (bicyclic) bond motifs is 1. The summed E-state index contributed by atoms with van der Waals surface area (Å²) in [7, 11) is 1.59. The molecule has 29 heavy (non-hydrogen) atoms. The molecule has 2 N–H and O–H groups in total. The normalized spacial score (nSPS) is 10.8. The van der Waals surface area contributed by atoms with Crippen molar-refractivity contribution in [3.8, 4) is 11.5 Å². The zero-order valence-electron chi connectivity index (χ0n) is 16.6. The van der Waals surface area contributed by atoms with Gasteiger partial charge in [-0.05, 0) is 35.4 Å². The fourth-order valence-electron chi connectivity index (χ4n) is 2.92. The average Bonchev–Trinajstić information content (AvgIpc) is 2.77. The first-order valence-electron chi connectivity index (χ1n) is 9.56. The molecule has 0 fully saturated rings. The summed E-state index contributed by atoms with van der Waals surface area (Å²) in [6, 6.07) is 19.4. The average molecular weight is 391 g/mol. The first-order valence-corrected chi connectivity index (χ1v) is 9.56. The number of methoxy groups -OCH3 is 1. The number of anilines is 1. The Balaban J connectivity index is 1.69. The van der Waals surface area contributed by atoms with Gasteiger partial charge in [-0.1, -0.05) is 49.4 Å². The number of para-hydroxylation sites is 2. The molecule has 0 aromatic heterocycles. The maximum Gasteiger partial charge on any atom is 0.259 e. The lowest BCUT2D eigenvalue weighted by atomic mass is 10.0. The van der Waals surface area contributed by atoms with Crippen molar-refractivity contribution in [1.82, 2.24) is 5.43 Å². The lowest BCUT2D eigenvalue weighted by Gasteiger charge is -2.11. The fourth-order valence-corrected chi connectivity index (χ4v) is 2.92. The van der Waals surface area contributed by atoms with Crippen LogP contribution in [0.15, 0.2) is 65.8 Å². The summed E-state index contributed by atoms with van der Waals surface area (Å²) in [5, 5.41) is 9.29. The summed E-state index contributed by atoms with van der Waals surface area (Å²) >= 11 is 0. The lowest BCUT2D eigenvalue weighted by Crippen LogP contribution is -2.26. The standard InChI is InChI=1S/C23H25N3O3/c1-3-14-29-21-13-12-17-8-4-5-9-18(17)19(21)15-25-26-23(27)16-24-20-10-6-7-11-22(20)28-2/h4-13,15,24H,3,14,16H2,1-2H3,(H,26,27)/b25-15-. The number of hydrazone groups is 1. The van der Waals surface area contributed by atoms with E-state index in [0.29, 0.717) is 12.4 Å². The molecule has 0 aliphatic carbocycles. The molecule has 3 rings (SSSR count). The van der Waals surface area contributed by atoms with Gasteiger partial charge in [-0.25, -0.2) is 5.43 Å². The minimum atomic E-state index is -0.261. The van der Waals surface area contributed by atoms with E-state index in [1.54, 1.807) is 13.3 Å². The van der Waals surface area contributed by atoms with Crippen LogP contribution in [0.1, 0.15) is 18.9 Å². The van der Waals surface area contributed by atoms with Crippen molar-refractivity contribution in [2.75, 3.05) is 25.6 Å². The van der Waals surface area contributed by atoms with Crippen molar-refractivity contribution >= 4 is 28.6 Å². The van der Waals surface area contributed by atoms with Gasteiger partial charge in [-0.2, -0.15) is 5.10 Å². The first kappa shape index (κ1) is 20.2. The van der Waals surface area contributed by atoms with Crippen molar-refractivity contribution in [2.45, 2.75) is 13.3 Å². The number of ether oxygens (including phenoxy) is 2. The summed E-state index contributed by atoms with van der Waals surface area (Å²) in [6.07, 6.45) is 2.54. The molecule has 0 radical (unpaired) electrons. The number of hydrogen-bond acceptors (Lipinski definition) is 5. The van der Waals surface area contributed by atoms with E-state index in [2.05, 4.69) is 22.8 Å². The molecule has 0 saturated carbocycles. The lowest BCUT2D eigenvalue weighted by molar-refractivity contribution is -0.119. The first-order chi connectivity index (χ1) is 14.2. The van der Waals surface area contributed by atoms with Gasteiger partial charge in [0.25, 0.3) is 5.91 Å².